The molecule has 2 fully saturated rings. The van der Waals surface area contributed by atoms with Gasteiger partial charge < -0.3 is 4.74 Å². The van der Waals surface area contributed by atoms with E-state index in [-0.39, 0.29) is 17.5 Å². The van der Waals surface area contributed by atoms with E-state index >= 15 is 0 Å². The van der Waals surface area contributed by atoms with E-state index in [0.717, 1.165) is 19.3 Å². The second kappa shape index (κ2) is 5.86. The molecule has 0 aromatic carbocycles. The summed E-state index contributed by atoms with van der Waals surface area (Å²) in [7, 11) is 0. The number of ether oxygens (including phenoxy) is 1. The third-order valence-corrected chi connectivity index (χ3v) is 7.47. The zero-order valence-corrected chi connectivity index (χ0v) is 14.8. The Labute approximate surface area is 144 Å². The normalized spacial score (nSPS) is 43.5. The van der Waals surface area contributed by atoms with Crippen LogP contribution in [0.5, 0.6) is 0 Å². The maximum absolute atomic E-state index is 11.7. The Hall–Kier alpha value is -1.38. The average Bonchev–Trinajstić information content (AvgIpc) is 2.92. The Bertz CT molecular complexity index is 617. The van der Waals surface area contributed by atoms with Gasteiger partial charge in [0.05, 0.1) is 0 Å². The Kier molecular flexibility index (Phi) is 3.93. The van der Waals surface area contributed by atoms with E-state index in [0.29, 0.717) is 35.9 Å². The lowest BCUT2D eigenvalue weighted by Crippen LogP contribution is -2.48. The quantitative estimate of drug-likeness (QED) is 0.713. The number of allylic oxidation sites excluding steroid dienone is 4. The smallest absolute Gasteiger partial charge is 0.302 e. The molecule has 0 amide bonds. The van der Waals surface area contributed by atoms with Crippen molar-refractivity contribution in [2.75, 3.05) is 0 Å². The Morgan fingerprint density at radius 3 is 2.88 bits per heavy atom. The van der Waals surface area contributed by atoms with Crippen LogP contribution >= 0.6 is 0 Å². The van der Waals surface area contributed by atoms with Gasteiger partial charge >= 0.3 is 5.97 Å². The molecule has 0 aromatic heterocycles. The van der Waals surface area contributed by atoms with Gasteiger partial charge in [-0.25, -0.2) is 0 Å². The summed E-state index contributed by atoms with van der Waals surface area (Å²) < 4.78 is 5.76. The van der Waals surface area contributed by atoms with Crippen LogP contribution in [0.15, 0.2) is 23.8 Å². The van der Waals surface area contributed by atoms with Gasteiger partial charge in [0.1, 0.15) is 6.10 Å². The number of ketones is 1. The van der Waals surface area contributed by atoms with Crippen LogP contribution in [0.3, 0.4) is 0 Å². The first-order valence-electron chi connectivity index (χ1n) is 9.65. The molecule has 0 aromatic rings. The van der Waals surface area contributed by atoms with E-state index in [1.54, 1.807) is 6.92 Å². The third-order valence-electron chi connectivity index (χ3n) is 7.47. The van der Waals surface area contributed by atoms with E-state index in [9.17, 15) is 9.59 Å². The second-order valence-corrected chi connectivity index (χ2v) is 8.26. The van der Waals surface area contributed by atoms with Crippen molar-refractivity contribution in [1.29, 1.82) is 0 Å². The molecule has 4 aliphatic carbocycles. The number of hydrogen-bond acceptors (Lipinski definition) is 3. The minimum Gasteiger partial charge on any atom is -0.462 e. The first-order chi connectivity index (χ1) is 11.5. The number of esters is 1. The molecule has 0 bridgehead atoms. The highest BCUT2D eigenvalue weighted by Crippen LogP contribution is 2.62. The van der Waals surface area contributed by atoms with Crippen molar-refractivity contribution in [2.24, 2.45) is 29.1 Å². The van der Waals surface area contributed by atoms with Crippen LogP contribution in [-0.2, 0) is 14.3 Å². The predicted molar refractivity (Wildman–Crippen MR) is 92.2 cm³/mol. The van der Waals surface area contributed by atoms with E-state index in [1.165, 1.54) is 24.8 Å². The molecule has 130 valence electrons. The van der Waals surface area contributed by atoms with Crippen LogP contribution < -0.4 is 0 Å². The molecule has 3 nitrogen and oxygen atoms in total. The molecule has 0 radical (unpaired) electrons. The summed E-state index contributed by atoms with van der Waals surface area (Å²) in [5.41, 5.74) is 1.44. The van der Waals surface area contributed by atoms with Crippen LogP contribution in [0.25, 0.3) is 0 Å². The van der Waals surface area contributed by atoms with Crippen molar-refractivity contribution in [2.45, 2.75) is 64.9 Å². The summed E-state index contributed by atoms with van der Waals surface area (Å²) >= 11 is 0. The number of hydrogen-bond donors (Lipinski definition) is 0. The molecule has 0 heterocycles. The van der Waals surface area contributed by atoms with Crippen molar-refractivity contribution in [3.8, 4) is 0 Å². The Morgan fingerprint density at radius 1 is 1.29 bits per heavy atom. The topological polar surface area (TPSA) is 43.4 Å². The van der Waals surface area contributed by atoms with Crippen molar-refractivity contribution in [3.05, 3.63) is 23.8 Å². The van der Waals surface area contributed by atoms with Gasteiger partial charge in [-0.3, -0.25) is 9.59 Å². The van der Waals surface area contributed by atoms with Crippen LogP contribution in [0, 0.1) is 29.1 Å². The molecular weight excluding hydrogens is 300 g/mol. The van der Waals surface area contributed by atoms with E-state index < -0.39 is 0 Å². The molecule has 6 atom stereocenters. The second-order valence-electron chi connectivity index (χ2n) is 8.26. The highest BCUT2D eigenvalue weighted by Gasteiger charge is 2.58. The van der Waals surface area contributed by atoms with Gasteiger partial charge in [-0.1, -0.05) is 19.1 Å². The number of rotatable bonds is 2. The van der Waals surface area contributed by atoms with Gasteiger partial charge in [-0.2, -0.15) is 0 Å². The first-order valence-corrected chi connectivity index (χ1v) is 9.65. The lowest BCUT2D eigenvalue weighted by Gasteiger charge is -2.52. The van der Waals surface area contributed by atoms with Crippen molar-refractivity contribution < 1.29 is 14.3 Å². The highest BCUT2D eigenvalue weighted by molar-refractivity contribution is 5.91. The molecule has 4 aliphatic rings. The molecule has 3 heteroatoms. The molecule has 2 saturated carbocycles. The van der Waals surface area contributed by atoms with Crippen molar-refractivity contribution in [3.63, 3.8) is 0 Å². The summed E-state index contributed by atoms with van der Waals surface area (Å²) in [5, 5.41) is 0. The van der Waals surface area contributed by atoms with Gasteiger partial charge in [-0.15, -0.1) is 0 Å². The maximum Gasteiger partial charge on any atom is 0.302 e. The van der Waals surface area contributed by atoms with Crippen LogP contribution in [0.4, 0.5) is 0 Å². The van der Waals surface area contributed by atoms with Gasteiger partial charge in [0, 0.05) is 18.8 Å². The lowest BCUT2D eigenvalue weighted by molar-refractivity contribution is -0.156. The van der Waals surface area contributed by atoms with E-state index in [2.05, 4.69) is 19.1 Å². The molecule has 4 rings (SSSR count). The van der Waals surface area contributed by atoms with Gasteiger partial charge in [0.2, 0.25) is 0 Å². The van der Waals surface area contributed by atoms with Gasteiger partial charge in [0.25, 0.3) is 0 Å². The van der Waals surface area contributed by atoms with Gasteiger partial charge in [0.15, 0.2) is 5.78 Å². The standard InChI is InChI=1S/C21H28O3/c1-3-21-11-10-17-16-7-5-15(23)12-14(16)4-6-18(17)19(21)8-9-20(21)24-13(2)22/h4,6,12,16-20H,3,5,7-11H2,1-2H3/t16-,17+,18+,19-,20-,21?/m0/s1. The van der Waals surface area contributed by atoms with Crippen LogP contribution in [0.1, 0.15) is 58.8 Å². The number of fused-ring (bicyclic) bond motifs is 5. The fraction of sp³-hybridized carbons (Fsp3) is 0.714. The lowest BCUT2D eigenvalue weighted by atomic mass is 9.53. The summed E-state index contributed by atoms with van der Waals surface area (Å²) in [6, 6.07) is 0. The zero-order valence-electron chi connectivity index (χ0n) is 14.8. The Balaban J connectivity index is 1.65. The van der Waals surface area contributed by atoms with Crippen molar-refractivity contribution >= 4 is 11.8 Å². The molecule has 1 unspecified atom stereocenters. The average molecular weight is 328 g/mol. The van der Waals surface area contributed by atoms with Crippen LogP contribution in [-0.4, -0.2) is 17.9 Å². The minimum atomic E-state index is -0.134. The molecule has 0 aliphatic heterocycles. The molecule has 0 N–H and O–H groups in total. The van der Waals surface area contributed by atoms with Crippen LogP contribution in [0.2, 0.25) is 0 Å². The largest absolute Gasteiger partial charge is 0.462 e. The predicted octanol–water partition coefficient (Wildman–Crippen LogP) is 4.23. The van der Waals surface area contributed by atoms with Gasteiger partial charge in [-0.05, 0) is 73.8 Å². The monoisotopic (exact) mass is 328 g/mol. The SMILES string of the molecule is CCC12CC[C@H]3[C@@H](C=CC4=CC(=O)CC[C@@H]43)[C@@H]1CC[C@@H]2OC(C)=O. The molecule has 0 saturated heterocycles. The first kappa shape index (κ1) is 16.1. The summed E-state index contributed by atoms with van der Waals surface area (Å²) in [5.74, 6) is 2.62. The fourth-order valence-corrected chi connectivity index (χ4v) is 6.47. The summed E-state index contributed by atoms with van der Waals surface area (Å²) in [4.78, 5) is 23.3. The number of carbonyl (C=O) groups is 2. The maximum atomic E-state index is 11.7. The fourth-order valence-electron chi connectivity index (χ4n) is 6.47. The van der Waals surface area contributed by atoms with E-state index in [1.807, 2.05) is 6.08 Å². The number of carbonyl (C=O) groups excluding carboxylic acids is 2. The van der Waals surface area contributed by atoms with E-state index in [4.69, 9.17) is 4.74 Å². The highest BCUT2D eigenvalue weighted by atomic mass is 16.5. The Morgan fingerprint density at radius 2 is 2.12 bits per heavy atom. The minimum absolute atomic E-state index is 0.101. The third kappa shape index (κ3) is 2.31. The molecular formula is C21H28O3. The summed E-state index contributed by atoms with van der Waals surface area (Å²) in [6.45, 7) is 3.81. The molecule has 24 heavy (non-hydrogen) atoms. The van der Waals surface area contributed by atoms with Crippen molar-refractivity contribution in [1.82, 2.24) is 0 Å². The summed E-state index contributed by atoms with van der Waals surface area (Å²) in [6.07, 6.45) is 14.0. The molecule has 0 spiro atoms. The zero-order chi connectivity index (χ0) is 16.9.